The normalized spacial score (nSPS) is 15.8. The first-order valence-corrected chi connectivity index (χ1v) is 10.5. The quantitative estimate of drug-likeness (QED) is 0.611. The van der Waals surface area contributed by atoms with Crippen molar-refractivity contribution in [2.45, 2.75) is 18.9 Å². The Hall–Kier alpha value is -3.13. The van der Waals surface area contributed by atoms with E-state index >= 15 is 0 Å². The molecule has 31 heavy (non-hydrogen) atoms. The summed E-state index contributed by atoms with van der Waals surface area (Å²) < 4.78 is 10.7. The fourth-order valence-corrected chi connectivity index (χ4v) is 3.48. The molecule has 1 aromatic heterocycles. The number of rotatable bonds is 9. The molecule has 1 aromatic carbocycles. The predicted octanol–water partition coefficient (Wildman–Crippen LogP) is 1.72. The van der Waals surface area contributed by atoms with Crippen molar-refractivity contribution < 1.29 is 19.1 Å². The van der Waals surface area contributed by atoms with Crippen molar-refractivity contribution in [3.63, 3.8) is 0 Å². The van der Waals surface area contributed by atoms with E-state index in [9.17, 15) is 9.59 Å². The highest BCUT2D eigenvalue weighted by Gasteiger charge is 2.35. The van der Waals surface area contributed by atoms with Crippen LogP contribution in [0.3, 0.4) is 0 Å². The van der Waals surface area contributed by atoms with Gasteiger partial charge < -0.3 is 19.3 Å². The van der Waals surface area contributed by atoms with Gasteiger partial charge in [-0.2, -0.15) is 0 Å². The molecule has 2 aromatic rings. The van der Waals surface area contributed by atoms with E-state index in [1.807, 2.05) is 53.4 Å². The highest BCUT2D eigenvalue weighted by molar-refractivity contribution is 5.81. The molecule has 1 N–H and O–H groups in total. The smallest absolute Gasteiger partial charge is 0.329 e. The zero-order valence-corrected chi connectivity index (χ0v) is 18.1. The number of ether oxygens (including phenoxy) is 2. The van der Waals surface area contributed by atoms with E-state index in [0.717, 1.165) is 18.9 Å². The molecule has 1 aliphatic rings. The third-order valence-corrected chi connectivity index (χ3v) is 5.37. The van der Waals surface area contributed by atoms with Gasteiger partial charge in [0.25, 0.3) is 0 Å². The van der Waals surface area contributed by atoms with Crippen LogP contribution in [0.1, 0.15) is 13.3 Å². The first-order valence-electron chi connectivity index (χ1n) is 10.5. The van der Waals surface area contributed by atoms with Crippen LogP contribution in [-0.4, -0.2) is 73.7 Å². The fraction of sp³-hybridized carbons (Fsp3) is 0.435. The summed E-state index contributed by atoms with van der Waals surface area (Å²) in [7, 11) is 1.34. The van der Waals surface area contributed by atoms with Gasteiger partial charge >= 0.3 is 5.97 Å². The molecule has 166 valence electrons. The number of amides is 1. The summed E-state index contributed by atoms with van der Waals surface area (Å²) in [5.74, 6) is 1.23. The lowest BCUT2D eigenvalue weighted by molar-refractivity contribution is -0.149. The van der Waals surface area contributed by atoms with Gasteiger partial charge in [0.05, 0.1) is 7.11 Å². The van der Waals surface area contributed by atoms with Crippen LogP contribution in [0.2, 0.25) is 0 Å². The zero-order chi connectivity index (χ0) is 22.1. The van der Waals surface area contributed by atoms with Crippen molar-refractivity contribution in [1.82, 2.24) is 15.2 Å². The second-order valence-corrected chi connectivity index (χ2v) is 7.66. The van der Waals surface area contributed by atoms with Gasteiger partial charge in [0.2, 0.25) is 5.91 Å². The lowest BCUT2D eigenvalue weighted by atomic mass is 10.0. The number of aromatic nitrogens is 1. The van der Waals surface area contributed by atoms with E-state index in [4.69, 9.17) is 9.47 Å². The number of piperazine rings is 1. The molecule has 1 fully saturated rings. The number of carbonyl (C=O) groups is 2. The van der Waals surface area contributed by atoms with Gasteiger partial charge in [-0.25, -0.2) is 9.78 Å². The molecule has 8 heteroatoms. The van der Waals surface area contributed by atoms with E-state index in [2.05, 4.69) is 15.2 Å². The van der Waals surface area contributed by atoms with E-state index in [1.54, 1.807) is 13.1 Å². The molecule has 1 saturated heterocycles. The predicted molar refractivity (Wildman–Crippen MR) is 118 cm³/mol. The molecule has 0 bridgehead atoms. The number of hydrogen-bond donors (Lipinski definition) is 1. The molecule has 3 rings (SSSR count). The number of pyridine rings is 1. The topological polar surface area (TPSA) is 84.0 Å². The Kier molecular flexibility index (Phi) is 7.83. The van der Waals surface area contributed by atoms with Crippen LogP contribution < -0.4 is 15.0 Å². The SMILES string of the molecule is COC(=O)C(C)(COc1ccccc1)NCCC(=O)N1CCN(c2ccccn2)CC1. The minimum absolute atomic E-state index is 0.0596. The van der Waals surface area contributed by atoms with Crippen LogP contribution in [-0.2, 0) is 14.3 Å². The summed E-state index contributed by atoms with van der Waals surface area (Å²) in [4.78, 5) is 33.4. The highest BCUT2D eigenvalue weighted by atomic mass is 16.5. The number of hydrogen-bond acceptors (Lipinski definition) is 7. The van der Waals surface area contributed by atoms with Crippen LogP contribution in [0.5, 0.6) is 5.75 Å². The molecule has 1 unspecified atom stereocenters. The number of carbonyl (C=O) groups excluding carboxylic acids is 2. The maximum Gasteiger partial charge on any atom is 0.329 e. The van der Waals surface area contributed by atoms with E-state index < -0.39 is 11.5 Å². The van der Waals surface area contributed by atoms with Gasteiger partial charge in [-0.15, -0.1) is 0 Å². The standard InChI is InChI=1S/C23H30N4O4/c1-23(22(29)30-2,18-31-19-8-4-3-5-9-19)25-13-11-21(28)27-16-14-26(15-17-27)20-10-6-7-12-24-20/h3-10,12,25H,11,13-18H2,1-2H3. The summed E-state index contributed by atoms with van der Waals surface area (Å²) >= 11 is 0. The molecule has 0 aliphatic carbocycles. The van der Waals surface area contributed by atoms with Gasteiger partial charge in [0, 0.05) is 45.3 Å². The molecular weight excluding hydrogens is 396 g/mol. The van der Waals surface area contributed by atoms with Gasteiger partial charge in [-0.1, -0.05) is 24.3 Å². The van der Waals surface area contributed by atoms with E-state index in [1.165, 1.54) is 7.11 Å². The first kappa shape index (κ1) is 22.6. The van der Waals surface area contributed by atoms with E-state index in [-0.39, 0.29) is 12.5 Å². The van der Waals surface area contributed by atoms with Gasteiger partial charge in [-0.3, -0.25) is 10.1 Å². The minimum Gasteiger partial charge on any atom is -0.491 e. The molecule has 2 heterocycles. The van der Waals surface area contributed by atoms with Crippen LogP contribution >= 0.6 is 0 Å². The number of methoxy groups -OCH3 is 1. The summed E-state index contributed by atoms with van der Waals surface area (Å²) in [5, 5.41) is 3.15. The van der Waals surface area contributed by atoms with Crippen molar-refractivity contribution >= 4 is 17.7 Å². The van der Waals surface area contributed by atoms with Gasteiger partial charge in [0.1, 0.15) is 23.7 Å². The monoisotopic (exact) mass is 426 g/mol. The Morgan fingerprint density at radius 2 is 1.77 bits per heavy atom. The Balaban J connectivity index is 1.46. The highest BCUT2D eigenvalue weighted by Crippen LogP contribution is 2.15. The lowest BCUT2D eigenvalue weighted by Crippen LogP contribution is -2.55. The molecule has 1 amide bonds. The number of benzene rings is 1. The molecule has 0 radical (unpaired) electrons. The molecule has 8 nitrogen and oxygen atoms in total. The van der Waals surface area contributed by atoms with Crippen molar-refractivity contribution in [2.75, 3.05) is 51.3 Å². The summed E-state index contributed by atoms with van der Waals surface area (Å²) in [5.41, 5.74) is -1.05. The summed E-state index contributed by atoms with van der Waals surface area (Å²) in [6, 6.07) is 15.1. The van der Waals surface area contributed by atoms with Crippen LogP contribution in [0.25, 0.3) is 0 Å². The zero-order valence-electron chi connectivity index (χ0n) is 18.1. The number of anilines is 1. The third kappa shape index (κ3) is 6.18. The number of esters is 1. The number of nitrogens with zero attached hydrogens (tertiary/aromatic N) is 3. The van der Waals surface area contributed by atoms with Crippen LogP contribution in [0.15, 0.2) is 54.7 Å². The van der Waals surface area contributed by atoms with Crippen LogP contribution in [0.4, 0.5) is 5.82 Å². The van der Waals surface area contributed by atoms with E-state index in [0.29, 0.717) is 31.8 Å². The van der Waals surface area contributed by atoms with Gasteiger partial charge in [0.15, 0.2) is 0 Å². The van der Waals surface area contributed by atoms with Gasteiger partial charge in [-0.05, 0) is 31.2 Å². The maximum absolute atomic E-state index is 12.7. The fourth-order valence-electron chi connectivity index (χ4n) is 3.48. The largest absolute Gasteiger partial charge is 0.491 e. The van der Waals surface area contributed by atoms with Crippen LogP contribution in [0, 0.1) is 0 Å². The van der Waals surface area contributed by atoms with Crippen molar-refractivity contribution in [1.29, 1.82) is 0 Å². The Morgan fingerprint density at radius 3 is 2.42 bits per heavy atom. The molecule has 1 aliphatic heterocycles. The lowest BCUT2D eigenvalue weighted by Gasteiger charge is -2.35. The average Bonchev–Trinajstić information content (AvgIpc) is 2.83. The Labute approximate surface area is 183 Å². The maximum atomic E-state index is 12.7. The molecular formula is C23H30N4O4. The van der Waals surface area contributed by atoms with Crippen molar-refractivity contribution in [3.05, 3.63) is 54.7 Å². The Bertz CT molecular complexity index is 841. The number of para-hydroxylation sites is 1. The molecule has 1 atom stereocenters. The molecule has 0 saturated carbocycles. The number of nitrogens with one attached hydrogen (secondary N) is 1. The summed E-state index contributed by atoms with van der Waals surface area (Å²) in [6.07, 6.45) is 2.07. The second-order valence-electron chi connectivity index (χ2n) is 7.66. The molecule has 0 spiro atoms. The average molecular weight is 427 g/mol. The summed E-state index contributed by atoms with van der Waals surface area (Å²) in [6.45, 7) is 4.98. The van der Waals surface area contributed by atoms with Crippen molar-refractivity contribution in [3.8, 4) is 5.75 Å². The Morgan fingerprint density at radius 1 is 1.06 bits per heavy atom. The first-order chi connectivity index (χ1) is 15.0. The second kappa shape index (κ2) is 10.8. The minimum atomic E-state index is -1.05. The van der Waals surface area contributed by atoms with Crippen molar-refractivity contribution in [2.24, 2.45) is 0 Å². The third-order valence-electron chi connectivity index (χ3n) is 5.37.